The smallest absolute Gasteiger partial charge is 0.230 e. The van der Waals surface area contributed by atoms with Crippen LogP contribution >= 0.6 is 0 Å². The maximum Gasteiger partial charge on any atom is 0.230 e. The van der Waals surface area contributed by atoms with Crippen LogP contribution in [0.25, 0.3) is 0 Å². The molecule has 4 heteroatoms. The van der Waals surface area contributed by atoms with Gasteiger partial charge >= 0.3 is 0 Å². The lowest BCUT2D eigenvalue weighted by Gasteiger charge is -2.00. The van der Waals surface area contributed by atoms with Crippen LogP contribution in [0.15, 0.2) is 12.1 Å². The summed E-state index contributed by atoms with van der Waals surface area (Å²) in [5.41, 5.74) is 1.66. The van der Waals surface area contributed by atoms with Gasteiger partial charge in [0.15, 0.2) is 0 Å². The van der Waals surface area contributed by atoms with E-state index in [1.54, 1.807) is 7.05 Å². The molecule has 1 aromatic heterocycles. The Morgan fingerprint density at radius 3 is 3.17 bits per heavy atom. The van der Waals surface area contributed by atoms with E-state index in [0.717, 1.165) is 17.2 Å². The summed E-state index contributed by atoms with van der Waals surface area (Å²) >= 11 is 0. The number of pyridine rings is 1. The minimum atomic E-state index is 0.0192. The largest absolute Gasteiger partial charge is 0.373 e. The van der Waals surface area contributed by atoms with Crippen molar-refractivity contribution in [2.45, 2.75) is 6.42 Å². The summed E-state index contributed by atoms with van der Waals surface area (Å²) in [6, 6.07) is 3.70. The lowest BCUT2D eigenvalue weighted by atomic mass is 10.3. The molecular formula is C8H9N3O. The quantitative estimate of drug-likeness (QED) is 0.638. The fourth-order valence-electron chi connectivity index (χ4n) is 1.24. The minimum Gasteiger partial charge on any atom is -0.373 e. The summed E-state index contributed by atoms with van der Waals surface area (Å²) in [4.78, 5) is 15.2. The van der Waals surface area contributed by atoms with Crippen LogP contribution in [0.1, 0.15) is 5.69 Å². The van der Waals surface area contributed by atoms with Crippen molar-refractivity contribution in [2.24, 2.45) is 0 Å². The summed E-state index contributed by atoms with van der Waals surface area (Å²) in [6.07, 6.45) is 0.394. The minimum absolute atomic E-state index is 0.0192. The molecule has 2 heterocycles. The zero-order valence-corrected chi connectivity index (χ0v) is 6.72. The van der Waals surface area contributed by atoms with Gasteiger partial charge in [-0.15, -0.1) is 0 Å². The third-order valence-electron chi connectivity index (χ3n) is 1.83. The molecule has 0 aliphatic carbocycles. The number of rotatable bonds is 1. The molecular weight excluding hydrogens is 154 g/mol. The molecule has 1 aliphatic heterocycles. The summed E-state index contributed by atoms with van der Waals surface area (Å²) < 4.78 is 0. The predicted octanol–water partition coefficient (Wildman–Crippen LogP) is 0.618. The molecule has 0 atom stereocenters. The maximum atomic E-state index is 10.9. The van der Waals surface area contributed by atoms with Gasteiger partial charge < -0.3 is 10.6 Å². The number of nitrogens with zero attached hydrogens (tertiary/aromatic N) is 1. The van der Waals surface area contributed by atoms with Crippen molar-refractivity contribution < 1.29 is 4.79 Å². The Morgan fingerprint density at radius 2 is 2.42 bits per heavy atom. The molecule has 0 unspecified atom stereocenters. The van der Waals surface area contributed by atoms with Gasteiger partial charge in [0, 0.05) is 7.05 Å². The molecule has 2 N–H and O–H groups in total. The van der Waals surface area contributed by atoms with Crippen molar-refractivity contribution >= 4 is 17.4 Å². The van der Waals surface area contributed by atoms with E-state index >= 15 is 0 Å². The molecule has 1 amide bonds. The van der Waals surface area contributed by atoms with Crippen LogP contribution < -0.4 is 10.6 Å². The van der Waals surface area contributed by atoms with Crippen LogP contribution in [0.4, 0.5) is 11.5 Å². The third-order valence-corrected chi connectivity index (χ3v) is 1.83. The van der Waals surface area contributed by atoms with Gasteiger partial charge in [-0.1, -0.05) is 0 Å². The highest BCUT2D eigenvalue weighted by Gasteiger charge is 2.18. The molecule has 0 spiro atoms. The van der Waals surface area contributed by atoms with Crippen molar-refractivity contribution in [1.29, 1.82) is 0 Å². The molecule has 0 radical (unpaired) electrons. The highest BCUT2D eigenvalue weighted by Crippen LogP contribution is 2.21. The summed E-state index contributed by atoms with van der Waals surface area (Å²) in [6.45, 7) is 0. The highest BCUT2D eigenvalue weighted by atomic mass is 16.1. The fourth-order valence-corrected chi connectivity index (χ4v) is 1.24. The van der Waals surface area contributed by atoms with Crippen molar-refractivity contribution in [2.75, 3.05) is 17.7 Å². The standard InChI is InChI=1S/C8H9N3O/c1-9-7-3-2-5-6(10-7)4-8(12)11-5/h2-3H,4H2,1H3,(H,9,10)(H,11,12). The Balaban J connectivity index is 2.41. The van der Waals surface area contributed by atoms with E-state index in [1.807, 2.05) is 12.1 Å². The first-order valence-corrected chi connectivity index (χ1v) is 3.77. The SMILES string of the molecule is CNc1ccc2c(n1)CC(=O)N2. The van der Waals surface area contributed by atoms with Crippen LogP contribution in [0.2, 0.25) is 0 Å². The van der Waals surface area contributed by atoms with Crippen LogP contribution in [0.5, 0.6) is 0 Å². The molecule has 0 saturated heterocycles. The number of anilines is 2. The average molecular weight is 163 g/mol. The zero-order chi connectivity index (χ0) is 8.55. The van der Waals surface area contributed by atoms with Crippen LogP contribution in [0, 0.1) is 0 Å². The fraction of sp³-hybridized carbons (Fsp3) is 0.250. The number of hydrogen-bond acceptors (Lipinski definition) is 3. The Hall–Kier alpha value is -1.58. The molecule has 0 fully saturated rings. The van der Waals surface area contributed by atoms with E-state index in [1.165, 1.54) is 0 Å². The number of hydrogen-bond donors (Lipinski definition) is 2. The zero-order valence-electron chi connectivity index (χ0n) is 6.72. The number of amides is 1. The Labute approximate surface area is 70.0 Å². The van der Waals surface area contributed by atoms with Gasteiger partial charge in [-0.2, -0.15) is 0 Å². The molecule has 2 rings (SSSR count). The lowest BCUT2D eigenvalue weighted by Crippen LogP contribution is -2.03. The highest BCUT2D eigenvalue weighted by molar-refractivity contribution is 5.98. The number of fused-ring (bicyclic) bond motifs is 1. The molecule has 12 heavy (non-hydrogen) atoms. The summed E-state index contributed by atoms with van der Waals surface area (Å²) in [5, 5.41) is 5.64. The lowest BCUT2D eigenvalue weighted by molar-refractivity contribution is -0.115. The molecule has 1 aromatic rings. The average Bonchev–Trinajstić information content (AvgIpc) is 2.43. The second-order valence-corrected chi connectivity index (χ2v) is 2.67. The second kappa shape index (κ2) is 2.48. The first-order valence-electron chi connectivity index (χ1n) is 3.77. The van der Waals surface area contributed by atoms with Gasteiger partial charge in [-0.3, -0.25) is 4.79 Å². The first-order chi connectivity index (χ1) is 5.79. The molecule has 1 aliphatic rings. The number of aromatic nitrogens is 1. The van der Waals surface area contributed by atoms with Crippen molar-refractivity contribution in [1.82, 2.24) is 4.98 Å². The van der Waals surface area contributed by atoms with Crippen LogP contribution in [-0.2, 0) is 11.2 Å². The van der Waals surface area contributed by atoms with Gasteiger partial charge in [0.05, 0.1) is 17.8 Å². The van der Waals surface area contributed by atoms with E-state index in [-0.39, 0.29) is 5.91 Å². The monoisotopic (exact) mass is 163 g/mol. The van der Waals surface area contributed by atoms with E-state index in [0.29, 0.717) is 6.42 Å². The predicted molar refractivity (Wildman–Crippen MR) is 46.1 cm³/mol. The van der Waals surface area contributed by atoms with E-state index in [4.69, 9.17) is 0 Å². The Bertz CT molecular complexity index is 335. The number of nitrogens with one attached hydrogen (secondary N) is 2. The van der Waals surface area contributed by atoms with Gasteiger partial charge in [-0.05, 0) is 12.1 Å². The third kappa shape index (κ3) is 1.01. The summed E-state index contributed by atoms with van der Waals surface area (Å²) in [7, 11) is 1.80. The molecule has 0 bridgehead atoms. The number of carbonyl (C=O) groups excluding carboxylic acids is 1. The second-order valence-electron chi connectivity index (χ2n) is 2.67. The number of carbonyl (C=O) groups is 1. The van der Waals surface area contributed by atoms with E-state index in [2.05, 4.69) is 15.6 Å². The summed E-state index contributed by atoms with van der Waals surface area (Å²) in [5.74, 6) is 0.816. The normalized spacial score (nSPS) is 13.9. The van der Waals surface area contributed by atoms with Crippen molar-refractivity contribution in [3.8, 4) is 0 Å². The van der Waals surface area contributed by atoms with Crippen molar-refractivity contribution in [3.05, 3.63) is 17.8 Å². The van der Waals surface area contributed by atoms with Crippen molar-refractivity contribution in [3.63, 3.8) is 0 Å². The Morgan fingerprint density at radius 1 is 1.58 bits per heavy atom. The Kier molecular flexibility index (Phi) is 1.46. The van der Waals surface area contributed by atoms with Crippen LogP contribution in [0.3, 0.4) is 0 Å². The molecule has 0 saturated carbocycles. The van der Waals surface area contributed by atoms with E-state index in [9.17, 15) is 4.79 Å². The van der Waals surface area contributed by atoms with Gasteiger partial charge in [0.1, 0.15) is 5.82 Å². The first kappa shape index (κ1) is 7.09. The van der Waals surface area contributed by atoms with Gasteiger partial charge in [0.2, 0.25) is 5.91 Å². The molecule has 62 valence electrons. The molecule has 4 nitrogen and oxygen atoms in total. The van der Waals surface area contributed by atoms with Gasteiger partial charge in [0.25, 0.3) is 0 Å². The molecule has 0 aromatic carbocycles. The maximum absolute atomic E-state index is 10.9. The van der Waals surface area contributed by atoms with E-state index < -0.39 is 0 Å². The topological polar surface area (TPSA) is 54.0 Å². The van der Waals surface area contributed by atoms with Gasteiger partial charge in [-0.25, -0.2) is 4.98 Å². The van der Waals surface area contributed by atoms with Crippen LogP contribution in [-0.4, -0.2) is 17.9 Å².